The number of ether oxygens (including phenoxy) is 1. The predicted octanol–water partition coefficient (Wildman–Crippen LogP) is -1.07. The summed E-state index contributed by atoms with van der Waals surface area (Å²) in [5, 5.41) is 26.3. The molecule has 0 aromatic heterocycles. The van der Waals surface area contributed by atoms with E-state index >= 15 is 0 Å². The van der Waals surface area contributed by atoms with Gasteiger partial charge in [-0.2, -0.15) is 0 Å². The van der Waals surface area contributed by atoms with Crippen LogP contribution in [0.15, 0.2) is 0 Å². The number of aliphatic hydroxyl groups is 2. The third-order valence-electron chi connectivity index (χ3n) is 1.61. The monoisotopic (exact) mass is 162 g/mol. The first kappa shape index (κ1) is 8.45. The lowest BCUT2D eigenvalue weighted by Crippen LogP contribution is -2.43. The van der Waals surface area contributed by atoms with Crippen molar-refractivity contribution in [3.63, 3.8) is 0 Å². The van der Waals surface area contributed by atoms with Crippen LogP contribution in [0.4, 0.5) is 0 Å². The molecule has 1 aliphatic rings. The van der Waals surface area contributed by atoms with Gasteiger partial charge in [-0.1, -0.05) is 0 Å². The predicted molar refractivity (Wildman–Crippen MR) is 33.8 cm³/mol. The highest BCUT2D eigenvalue weighted by Crippen LogP contribution is 2.17. The fourth-order valence-electron chi connectivity index (χ4n) is 1.02. The van der Waals surface area contributed by atoms with E-state index < -0.39 is 24.5 Å². The Balaban J connectivity index is 2.54. The van der Waals surface area contributed by atoms with Crippen LogP contribution in [0.1, 0.15) is 12.8 Å². The van der Waals surface area contributed by atoms with Crippen LogP contribution >= 0.6 is 0 Å². The Hall–Kier alpha value is -0.650. The third kappa shape index (κ3) is 1.89. The van der Waals surface area contributed by atoms with Crippen molar-refractivity contribution in [1.82, 2.24) is 0 Å². The highest BCUT2D eigenvalue weighted by molar-refractivity contribution is 5.73. The number of carboxylic acids is 1. The van der Waals surface area contributed by atoms with Gasteiger partial charge in [0.25, 0.3) is 0 Å². The zero-order valence-electron chi connectivity index (χ0n) is 5.80. The molecule has 1 fully saturated rings. The summed E-state index contributed by atoms with van der Waals surface area (Å²) in [5.41, 5.74) is 0. The first-order chi connectivity index (χ1) is 5.11. The summed E-state index contributed by atoms with van der Waals surface area (Å²) in [5.74, 6) is -1.24. The van der Waals surface area contributed by atoms with Crippen LogP contribution in [0, 0.1) is 0 Å². The Kier molecular flexibility index (Phi) is 2.43. The molecule has 1 heterocycles. The van der Waals surface area contributed by atoms with Crippen molar-refractivity contribution < 1.29 is 24.9 Å². The molecule has 1 saturated heterocycles. The zero-order valence-corrected chi connectivity index (χ0v) is 5.80. The fourth-order valence-corrected chi connectivity index (χ4v) is 1.02. The van der Waals surface area contributed by atoms with Crippen LogP contribution in [-0.4, -0.2) is 39.8 Å². The summed E-state index contributed by atoms with van der Waals surface area (Å²) in [4.78, 5) is 10.3. The molecule has 0 amide bonds. The topological polar surface area (TPSA) is 87.0 Å². The third-order valence-corrected chi connectivity index (χ3v) is 1.61. The van der Waals surface area contributed by atoms with E-state index in [1.807, 2.05) is 0 Å². The minimum Gasteiger partial charge on any atom is -0.479 e. The van der Waals surface area contributed by atoms with E-state index in [2.05, 4.69) is 4.74 Å². The summed E-state index contributed by atoms with van der Waals surface area (Å²) in [6.45, 7) is 0. The van der Waals surface area contributed by atoms with E-state index in [0.29, 0.717) is 0 Å². The van der Waals surface area contributed by atoms with E-state index in [9.17, 15) is 4.79 Å². The van der Waals surface area contributed by atoms with Crippen LogP contribution in [0.25, 0.3) is 0 Å². The molecule has 0 spiro atoms. The van der Waals surface area contributed by atoms with Crippen molar-refractivity contribution in [3.8, 4) is 0 Å². The van der Waals surface area contributed by atoms with Crippen LogP contribution in [0.2, 0.25) is 0 Å². The normalized spacial score (nSPS) is 38.5. The lowest BCUT2D eigenvalue weighted by atomic mass is 10.1. The average Bonchev–Trinajstić information content (AvgIpc) is 1.94. The Bertz CT molecular complexity index is 157. The van der Waals surface area contributed by atoms with E-state index in [1.165, 1.54) is 0 Å². The number of hydrogen-bond acceptors (Lipinski definition) is 4. The molecule has 0 aromatic carbocycles. The molecule has 1 rings (SSSR count). The second-order valence-corrected chi connectivity index (χ2v) is 2.49. The molecule has 5 nitrogen and oxygen atoms in total. The Morgan fingerprint density at radius 1 is 1.36 bits per heavy atom. The number of rotatable bonds is 1. The molecule has 0 aromatic rings. The number of carboxylic acid groups (broad SMARTS) is 1. The summed E-state index contributed by atoms with van der Waals surface area (Å²) >= 11 is 0. The number of carbonyl (C=O) groups is 1. The second-order valence-electron chi connectivity index (χ2n) is 2.49. The molecule has 0 unspecified atom stereocenters. The highest BCUT2D eigenvalue weighted by atomic mass is 16.6. The maximum absolute atomic E-state index is 10.3. The van der Waals surface area contributed by atoms with E-state index in [1.54, 1.807) is 0 Å². The molecule has 3 N–H and O–H groups in total. The van der Waals surface area contributed by atoms with E-state index in [-0.39, 0.29) is 12.8 Å². The molecular weight excluding hydrogens is 152 g/mol. The van der Waals surface area contributed by atoms with Gasteiger partial charge in [0, 0.05) is 6.42 Å². The van der Waals surface area contributed by atoms with Crippen LogP contribution in [-0.2, 0) is 9.53 Å². The molecular formula is C6H10O5. The van der Waals surface area contributed by atoms with Crippen molar-refractivity contribution in [2.45, 2.75) is 31.3 Å². The van der Waals surface area contributed by atoms with Gasteiger partial charge in [0.2, 0.25) is 0 Å². The molecule has 0 aliphatic carbocycles. The summed E-state index contributed by atoms with van der Waals surface area (Å²) in [6.07, 6.45) is -2.79. The standard InChI is InChI=1S/C6H10O5/c7-3-1-2-4(8)11-5(3)6(9)10/h3-5,7-8H,1-2H2,(H,9,10)/t3-,4+,5-/m0/s1. The Morgan fingerprint density at radius 2 is 2.00 bits per heavy atom. The molecule has 11 heavy (non-hydrogen) atoms. The number of hydrogen-bond donors (Lipinski definition) is 3. The largest absolute Gasteiger partial charge is 0.479 e. The smallest absolute Gasteiger partial charge is 0.335 e. The Labute approximate surface area is 63.2 Å². The molecule has 3 atom stereocenters. The molecule has 0 saturated carbocycles. The van der Waals surface area contributed by atoms with Gasteiger partial charge in [-0.25, -0.2) is 4.79 Å². The van der Waals surface area contributed by atoms with E-state index in [0.717, 1.165) is 0 Å². The summed E-state index contributed by atoms with van der Waals surface area (Å²) < 4.78 is 4.57. The summed E-state index contributed by atoms with van der Waals surface area (Å²) in [6, 6.07) is 0. The second kappa shape index (κ2) is 3.17. The molecule has 64 valence electrons. The lowest BCUT2D eigenvalue weighted by molar-refractivity contribution is -0.211. The first-order valence-electron chi connectivity index (χ1n) is 3.35. The quantitative estimate of drug-likeness (QED) is 0.457. The summed E-state index contributed by atoms with van der Waals surface area (Å²) in [7, 11) is 0. The van der Waals surface area contributed by atoms with Gasteiger partial charge in [0.1, 0.15) is 0 Å². The van der Waals surface area contributed by atoms with Crippen LogP contribution in [0.5, 0.6) is 0 Å². The molecule has 5 heteroatoms. The fraction of sp³-hybridized carbons (Fsp3) is 0.833. The van der Waals surface area contributed by atoms with Gasteiger partial charge in [-0.15, -0.1) is 0 Å². The zero-order chi connectivity index (χ0) is 8.43. The minimum atomic E-state index is -1.28. The van der Waals surface area contributed by atoms with Gasteiger partial charge < -0.3 is 20.1 Å². The minimum absolute atomic E-state index is 0.262. The van der Waals surface area contributed by atoms with Crippen molar-refractivity contribution >= 4 is 5.97 Å². The van der Waals surface area contributed by atoms with Crippen molar-refractivity contribution in [3.05, 3.63) is 0 Å². The van der Waals surface area contributed by atoms with Gasteiger partial charge in [-0.05, 0) is 6.42 Å². The van der Waals surface area contributed by atoms with Gasteiger partial charge in [0.15, 0.2) is 12.4 Å². The van der Waals surface area contributed by atoms with E-state index in [4.69, 9.17) is 15.3 Å². The molecule has 1 aliphatic heterocycles. The first-order valence-corrected chi connectivity index (χ1v) is 3.35. The SMILES string of the molecule is O=C(O)[C@H]1O[C@@H](O)CC[C@@H]1O. The average molecular weight is 162 g/mol. The number of aliphatic hydroxyl groups excluding tert-OH is 2. The van der Waals surface area contributed by atoms with Crippen molar-refractivity contribution in [2.75, 3.05) is 0 Å². The molecule has 0 bridgehead atoms. The maximum Gasteiger partial charge on any atom is 0.335 e. The molecule has 0 radical (unpaired) electrons. The van der Waals surface area contributed by atoms with Crippen molar-refractivity contribution in [1.29, 1.82) is 0 Å². The van der Waals surface area contributed by atoms with Crippen LogP contribution < -0.4 is 0 Å². The van der Waals surface area contributed by atoms with Gasteiger partial charge in [0.05, 0.1) is 6.10 Å². The Morgan fingerprint density at radius 3 is 2.45 bits per heavy atom. The maximum atomic E-state index is 10.3. The van der Waals surface area contributed by atoms with Gasteiger partial charge >= 0.3 is 5.97 Å². The van der Waals surface area contributed by atoms with Crippen molar-refractivity contribution in [2.24, 2.45) is 0 Å². The van der Waals surface area contributed by atoms with Gasteiger partial charge in [-0.3, -0.25) is 0 Å². The lowest BCUT2D eigenvalue weighted by Gasteiger charge is -2.28. The highest BCUT2D eigenvalue weighted by Gasteiger charge is 2.34. The van der Waals surface area contributed by atoms with Crippen LogP contribution in [0.3, 0.4) is 0 Å². The number of aliphatic carboxylic acids is 1.